The predicted molar refractivity (Wildman–Crippen MR) is 102 cm³/mol. The zero-order valence-electron chi connectivity index (χ0n) is 13.2. The molecule has 1 amide bonds. The second-order valence-corrected chi connectivity index (χ2v) is 6.75. The van der Waals surface area contributed by atoms with E-state index in [0.717, 1.165) is 16.1 Å². The Morgan fingerprint density at radius 1 is 1.27 bits per heavy atom. The highest BCUT2D eigenvalue weighted by Crippen LogP contribution is 2.25. The van der Waals surface area contributed by atoms with Crippen LogP contribution in [0.15, 0.2) is 59.3 Å². The highest BCUT2D eigenvalue weighted by Gasteiger charge is 2.16. The third-order valence-electron chi connectivity index (χ3n) is 3.55. The van der Waals surface area contributed by atoms with Gasteiger partial charge in [-0.3, -0.25) is 19.6 Å². The van der Waals surface area contributed by atoms with Gasteiger partial charge < -0.3 is 5.32 Å². The number of halogens is 2. The molecule has 0 saturated heterocycles. The molecule has 0 fully saturated rings. The summed E-state index contributed by atoms with van der Waals surface area (Å²) >= 11 is 9.14. The standard InChI is InChI=1S/C17H12BrClN4O3/c18-13-4-1-11(2-5-13)9-22-10-14(8-20-22)21-17(24)12-3-6-15(19)16(7-12)23(25)26/h1-8,10H,9H2,(H,21,24). The molecule has 1 N–H and O–H groups in total. The van der Waals surface area contributed by atoms with E-state index in [2.05, 4.69) is 26.3 Å². The van der Waals surface area contributed by atoms with Crippen LogP contribution in [-0.4, -0.2) is 20.6 Å². The number of nitro groups is 1. The topological polar surface area (TPSA) is 90.1 Å². The van der Waals surface area contributed by atoms with E-state index >= 15 is 0 Å². The molecule has 0 unspecified atom stereocenters. The molecular weight excluding hydrogens is 424 g/mol. The number of amides is 1. The number of hydrogen-bond donors (Lipinski definition) is 1. The lowest BCUT2D eigenvalue weighted by Crippen LogP contribution is -2.11. The van der Waals surface area contributed by atoms with Gasteiger partial charge in [0, 0.05) is 22.3 Å². The fourth-order valence-corrected chi connectivity index (χ4v) is 2.74. The first-order valence-corrected chi connectivity index (χ1v) is 8.61. The lowest BCUT2D eigenvalue weighted by atomic mass is 10.2. The highest BCUT2D eigenvalue weighted by atomic mass is 79.9. The monoisotopic (exact) mass is 434 g/mol. The van der Waals surface area contributed by atoms with Crippen molar-refractivity contribution in [1.82, 2.24) is 9.78 Å². The van der Waals surface area contributed by atoms with Gasteiger partial charge in [0.05, 0.1) is 23.4 Å². The number of nitrogens with zero attached hydrogens (tertiary/aromatic N) is 3. The molecule has 7 nitrogen and oxygen atoms in total. The Bertz CT molecular complexity index is 972. The molecule has 0 bridgehead atoms. The van der Waals surface area contributed by atoms with E-state index in [1.165, 1.54) is 18.3 Å². The number of aromatic nitrogens is 2. The summed E-state index contributed by atoms with van der Waals surface area (Å²) in [5.41, 5.74) is 1.37. The Hall–Kier alpha value is -2.71. The SMILES string of the molecule is O=C(Nc1cnn(Cc2ccc(Br)cc2)c1)c1ccc(Cl)c([N+](=O)[O-])c1. The molecule has 132 valence electrons. The van der Waals surface area contributed by atoms with Crippen molar-refractivity contribution in [3.05, 3.63) is 85.6 Å². The normalized spacial score (nSPS) is 10.5. The summed E-state index contributed by atoms with van der Waals surface area (Å²) in [6.45, 7) is 0.551. The maximum Gasteiger partial charge on any atom is 0.288 e. The van der Waals surface area contributed by atoms with Gasteiger partial charge in [-0.25, -0.2) is 0 Å². The molecule has 0 aliphatic carbocycles. The first-order valence-electron chi connectivity index (χ1n) is 7.44. The molecule has 0 saturated carbocycles. The van der Waals surface area contributed by atoms with Gasteiger partial charge in [-0.2, -0.15) is 5.10 Å². The van der Waals surface area contributed by atoms with Crippen LogP contribution < -0.4 is 5.32 Å². The number of benzene rings is 2. The number of anilines is 1. The predicted octanol–water partition coefficient (Wildman–Crippen LogP) is 4.51. The van der Waals surface area contributed by atoms with Crippen LogP contribution in [-0.2, 0) is 6.54 Å². The summed E-state index contributed by atoms with van der Waals surface area (Å²) in [5.74, 6) is -0.479. The number of hydrogen-bond acceptors (Lipinski definition) is 4. The van der Waals surface area contributed by atoms with E-state index < -0.39 is 10.8 Å². The van der Waals surface area contributed by atoms with Gasteiger partial charge in [0.2, 0.25) is 0 Å². The maximum atomic E-state index is 12.3. The maximum absolute atomic E-state index is 12.3. The smallest absolute Gasteiger partial charge is 0.288 e. The van der Waals surface area contributed by atoms with Crippen molar-refractivity contribution in [1.29, 1.82) is 0 Å². The van der Waals surface area contributed by atoms with Gasteiger partial charge in [0.1, 0.15) is 5.02 Å². The summed E-state index contributed by atoms with van der Waals surface area (Å²) < 4.78 is 2.68. The Morgan fingerprint density at radius 3 is 2.69 bits per heavy atom. The van der Waals surface area contributed by atoms with Crippen LogP contribution in [0.25, 0.3) is 0 Å². The van der Waals surface area contributed by atoms with Gasteiger partial charge in [-0.05, 0) is 29.8 Å². The number of nitro benzene ring substituents is 1. The zero-order chi connectivity index (χ0) is 18.7. The fourth-order valence-electron chi connectivity index (χ4n) is 2.29. The van der Waals surface area contributed by atoms with E-state index in [1.807, 2.05) is 24.3 Å². The average molecular weight is 436 g/mol. The molecule has 26 heavy (non-hydrogen) atoms. The van der Waals surface area contributed by atoms with Crippen LogP contribution in [0.1, 0.15) is 15.9 Å². The van der Waals surface area contributed by atoms with Crippen molar-refractivity contribution >= 4 is 44.8 Å². The Morgan fingerprint density at radius 2 is 2.00 bits per heavy atom. The van der Waals surface area contributed by atoms with Crippen molar-refractivity contribution < 1.29 is 9.72 Å². The van der Waals surface area contributed by atoms with Crippen LogP contribution in [0.2, 0.25) is 5.02 Å². The third kappa shape index (κ3) is 4.27. The minimum Gasteiger partial charge on any atom is -0.319 e. The van der Waals surface area contributed by atoms with Gasteiger partial charge in [0.25, 0.3) is 11.6 Å². The summed E-state index contributed by atoms with van der Waals surface area (Å²) in [7, 11) is 0. The van der Waals surface area contributed by atoms with Crippen LogP contribution >= 0.6 is 27.5 Å². The fraction of sp³-hybridized carbons (Fsp3) is 0.0588. The average Bonchev–Trinajstić information content (AvgIpc) is 3.04. The Labute approximate surface area is 161 Å². The second-order valence-electron chi connectivity index (χ2n) is 5.43. The Kier molecular flexibility index (Phi) is 5.34. The summed E-state index contributed by atoms with van der Waals surface area (Å²) in [5, 5.41) is 17.8. The van der Waals surface area contributed by atoms with Crippen molar-refractivity contribution in [2.75, 3.05) is 5.32 Å². The molecule has 0 aliphatic heterocycles. The van der Waals surface area contributed by atoms with E-state index in [9.17, 15) is 14.9 Å². The lowest BCUT2D eigenvalue weighted by Gasteiger charge is -2.04. The van der Waals surface area contributed by atoms with E-state index in [4.69, 9.17) is 11.6 Å². The quantitative estimate of drug-likeness (QED) is 0.472. The molecule has 0 radical (unpaired) electrons. The summed E-state index contributed by atoms with van der Waals surface area (Å²) in [4.78, 5) is 22.6. The van der Waals surface area contributed by atoms with Gasteiger partial charge in [0.15, 0.2) is 0 Å². The van der Waals surface area contributed by atoms with Crippen LogP contribution in [0.5, 0.6) is 0 Å². The van der Waals surface area contributed by atoms with E-state index in [-0.39, 0.29) is 16.3 Å². The molecule has 1 aromatic heterocycles. The zero-order valence-corrected chi connectivity index (χ0v) is 15.6. The molecule has 0 aliphatic rings. The second kappa shape index (κ2) is 7.67. The van der Waals surface area contributed by atoms with Crippen molar-refractivity contribution in [2.24, 2.45) is 0 Å². The first-order chi connectivity index (χ1) is 12.4. The first kappa shape index (κ1) is 18.1. The van der Waals surface area contributed by atoms with Crippen molar-refractivity contribution in [3.63, 3.8) is 0 Å². The van der Waals surface area contributed by atoms with Crippen molar-refractivity contribution in [2.45, 2.75) is 6.54 Å². The molecular formula is C17H12BrClN4O3. The van der Waals surface area contributed by atoms with Crippen LogP contribution in [0.3, 0.4) is 0 Å². The number of carbonyl (C=O) groups excluding carboxylic acids is 1. The van der Waals surface area contributed by atoms with Gasteiger partial charge in [-0.1, -0.05) is 39.7 Å². The molecule has 3 rings (SSSR count). The number of carbonyl (C=O) groups is 1. The molecule has 3 aromatic rings. The van der Waals surface area contributed by atoms with Crippen LogP contribution in [0, 0.1) is 10.1 Å². The molecule has 1 heterocycles. The van der Waals surface area contributed by atoms with E-state index in [0.29, 0.717) is 12.2 Å². The number of nitrogens with one attached hydrogen (secondary N) is 1. The molecule has 2 aromatic carbocycles. The Balaban J connectivity index is 1.70. The summed E-state index contributed by atoms with van der Waals surface area (Å²) in [6, 6.07) is 11.7. The minimum absolute atomic E-state index is 0.0196. The van der Waals surface area contributed by atoms with Gasteiger partial charge >= 0.3 is 0 Å². The lowest BCUT2D eigenvalue weighted by molar-refractivity contribution is -0.384. The highest BCUT2D eigenvalue weighted by molar-refractivity contribution is 9.10. The number of rotatable bonds is 5. The van der Waals surface area contributed by atoms with Crippen LogP contribution in [0.4, 0.5) is 11.4 Å². The van der Waals surface area contributed by atoms with Gasteiger partial charge in [-0.15, -0.1) is 0 Å². The third-order valence-corrected chi connectivity index (χ3v) is 4.40. The largest absolute Gasteiger partial charge is 0.319 e. The summed E-state index contributed by atoms with van der Waals surface area (Å²) in [6.07, 6.45) is 3.20. The van der Waals surface area contributed by atoms with E-state index in [1.54, 1.807) is 10.9 Å². The molecule has 9 heteroatoms. The van der Waals surface area contributed by atoms with Crippen molar-refractivity contribution in [3.8, 4) is 0 Å². The molecule has 0 atom stereocenters. The minimum atomic E-state index is -0.630. The molecule has 0 spiro atoms.